The summed E-state index contributed by atoms with van der Waals surface area (Å²) in [4.78, 5) is 37.5. The van der Waals surface area contributed by atoms with Gasteiger partial charge in [0.05, 0.1) is 0 Å². The van der Waals surface area contributed by atoms with E-state index < -0.39 is 23.9 Å². The molecular weight excluding hydrogens is 541 g/mol. The molecule has 0 atom stereocenters. The van der Waals surface area contributed by atoms with Crippen LogP contribution in [-0.2, 0) is 4.79 Å². The van der Waals surface area contributed by atoms with Gasteiger partial charge in [-0.05, 0) is 68.5 Å². The highest BCUT2D eigenvalue weighted by Gasteiger charge is 2.42. The Labute approximate surface area is 248 Å². The Morgan fingerprint density at radius 2 is 1.14 bits per heavy atom. The predicted molar refractivity (Wildman–Crippen MR) is 163 cm³/mol. The lowest BCUT2D eigenvalue weighted by Gasteiger charge is -2.24. The summed E-state index contributed by atoms with van der Waals surface area (Å²) in [5, 5.41) is 2.25. The fourth-order valence-corrected chi connectivity index (χ4v) is 4.65. The van der Waals surface area contributed by atoms with Crippen molar-refractivity contribution in [3.8, 4) is 0 Å². The van der Waals surface area contributed by atoms with Crippen molar-refractivity contribution in [2.75, 3.05) is 11.4 Å². The van der Waals surface area contributed by atoms with Crippen LogP contribution in [-0.4, -0.2) is 30.4 Å². The standard InChI is InChI=1S/C34H45F3N2O3/c1-2-3-4-5-6-7-8-9-10-11-12-13-14-15-16-20-27-39(33(42)34(35,36)37)30-25-23-29(24-26-30)32(41)38-31(40)28-21-18-17-19-22-28/h9-10,17-19,21-26H,2-8,11-16,20,27H2,1H3,(H,38,40,41). The summed E-state index contributed by atoms with van der Waals surface area (Å²) < 4.78 is 39.9. The summed E-state index contributed by atoms with van der Waals surface area (Å²) in [6.45, 7) is 2.15. The second-order valence-corrected chi connectivity index (χ2v) is 10.6. The molecular formula is C34H45F3N2O3. The van der Waals surface area contributed by atoms with Crippen molar-refractivity contribution in [1.29, 1.82) is 0 Å². The van der Waals surface area contributed by atoms with Gasteiger partial charge in [0.1, 0.15) is 0 Å². The van der Waals surface area contributed by atoms with Crippen LogP contribution in [0.25, 0.3) is 0 Å². The monoisotopic (exact) mass is 586 g/mol. The van der Waals surface area contributed by atoms with Gasteiger partial charge >= 0.3 is 12.1 Å². The number of benzene rings is 2. The molecule has 3 amide bonds. The highest BCUT2D eigenvalue weighted by molar-refractivity contribution is 6.10. The van der Waals surface area contributed by atoms with Crippen molar-refractivity contribution in [2.45, 2.75) is 103 Å². The molecule has 1 N–H and O–H groups in total. The zero-order valence-electron chi connectivity index (χ0n) is 24.8. The normalized spacial score (nSPS) is 11.5. The van der Waals surface area contributed by atoms with Crippen LogP contribution in [0, 0.1) is 0 Å². The predicted octanol–water partition coefficient (Wildman–Crippen LogP) is 9.19. The maximum Gasteiger partial charge on any atom is 0.471 e. The van der Waals surface area contributed by atoms with Gasteiger partial charge in [0.25, 0.3) is 11.8 Å². The number of carbonyl (C=O) groups excluding carboxylic acids is 3. The number of nitrogens with one attached hydrogen (secondary N) is 1. The lowest BCUT2D eigenvalue weighted by atomic mass is 10.1. The van der Waals surface area contributed by atoms with Gasteiger partial charge in [0.15, 0.2) is 0 Å². The topological polar surface area (TPSA) is 66.5 Å². The molecule has 0 heterocycles. The SMILES string of the molecule is CCCCCCCCC=CCCCCCCCCN(C(=O)C(F)(F)F)c1ccc(C(=O)NC(=O)c2ccccc2)cc1. The van der Waals surface area contributed by atoms with Gasteiger partial charge in [-0.2, -0.15) is 13.2 Å². The summed E-state index contributed by atoms with van der Waals surface area (Å²) >= 11 is 0. The summed E-state index contributed by atoms with van der Waals surface area (Å²) in [6.07, 6.45) is 14.8. The molecule has 0 unspecified atom stereocenters. The molecule has 0 saturated heterocycles. The van der Waals surface area contributed by atoms with Gasteiger partial charge in [0, 0.05) is 23.4 Å². The van der Waals surface area contributed by atoms with Crippen LogP contribution in [0.5, 0.6) is 0 Å². The zero-order chi connectivity index (χ0) is 30.6. The van der Waals surface area contributed by atoms with Gasteiger partial charge in [-0.25, -0.2) is 0 Å². The number of hydrogen-bond acceptors (Lipinski definition) is 3. The van der Waals surface area contributed by atoms with Crippen LogP contribution in [0.15, 0.2) is 66.7 Å². The first-order valence-corrected chi connectivity index (χ1v) is 15.3. The van der Waals surface area contributed by atoms with E-state index in [1.54, 1.807) is 30.3 Å². The molecule has 230 valence electrons. The summed E-state index contributed by atoms with van der Waals surface area (Å²) in [5.41, 5.74) is 0.454. The highest BCUT2D eigenvalue weighted by atomic mass is 19.4. The molecule has 8 heteroatoms. The summed E-state index contributed by atoms with van der Waals surface area (Å²) in [5.74, 6) is -3.21. The number of halogens is 3. The van der Waals surface area contributed by atoms with E-state index in [0.29, 0.717) is 16.9 Å². The first kappa shape index (κ1) is 34.8. The van der Waals surface area contributed by atoms with E-state index >= 15 is 0 Å². The molecule has 0 aliphatic carbocycles. The summed E-state index contributed by atoms with van der Waals surface area (Å²) in [7, 11) is 0. The minimum atomic E-state index is -5.01. The Hall–Kier alpha value is -3.42. The van der Waals surface area contributed by atoms with Crippen molar-refractivity contribution in [3.63, 3.8) is 0 Å². The molecule has 42 heavy (non-hydrogen) atoms. The molecule has 0 aliphatic rings. The lowest BCUT2D eigenvalue weighted by Crippen LogP contribution is -2.42. The molecule has 5 nitrogen and oxygen atoms in total. The van der Waals surface area contributed by atoms with Crippen LogP contribution >= 0.6 is 0 Å². The van der Waals surface area contributed by atoms with Gasteiger partial charge in [-0.3, -0.25) is 19.7 Å². The number of alkyl halides is 3. The third-order valence-electron chi connectivity index (χ3n) is 7.09. The van der Waals surface area contributed by atoms with E-state index in [-0.39, 0.29) is 17.8 Å². The minimum Gasteiger partial charge on any atom is -0.305 e. The molecule has 0 saturated carbocycles. The molecule has 2 rings (SSSR count). The number of allylic oxidation sites excluding steroid dienone is 2. The number of amides is 3. The van der Waals surface area contributed by atoms with E-state index in [9.17, 15) is 27.6 Å². The van der Waals surface area contributed by atoms with E-state index in [1.165, 1.54) is 62.8 Å². The molecule has 0 spiro atoms. The molecule has 0 aromatic heterocycles. The van der Waals surface area contributed by atoms with Crippen LogP contribution in [0.1, 0.15) is 118 Å². The maximum absolute atomic E-state index is 13.3. The van der Waals surface area contributed by atoms with Gasteiger partial charge in [-0.15, -0.1) is 0 Å². The van der Waals surface area contributed by atoms with Crippen LogP contribution < -0.4 is 10.2 Å². The van der Waals surface area contributed by atoms with Crippen molar-refractivity contribution in [2.24, 2.45) is 0 Å². The van der Waals surface area contributed by atoms with E-state index in [4.69, 9.17) is 0 Å². The number of nitrogens with zero attached hydrogens (tertiary/aromatic N) is 1. The van der Waals surface area contributed by atoms with Crippen LogP contribution in [0.4, 0.5) is 18.9 Å². The average Bonchev–Trinajstić information content (AvgIpc) is 2.98. The number of hydrogen-bond donors (Lipinski definition) is 1. The van der Waals surface area contributed by atoms with E-state index in [2.05, 4.69) is 24.4 Å². The maximum atomic E-state index is 13.3. The third-order valence-corrected chi connectivity index (χ3v) is 7.09. The first-order valence-electron chi connectivity index (χ1n) is 15.3. The number of unbranched alkanes of at least 4 members (excludes halogenated alkanes) is 12. The fourth-order valence-electron chi connectivity index (χ4n) is 4.65. The van der Waals surface area contributed by atoms with Gasteiger partial charge in [-0.1, -0.05) is 95.1 Å². The van der Waals surface area contributed by atoms with Crippen LogP contribution in [0.2, 0.25) is 0 Å². The first-order chi connectivity index (χ1) is 20.2. The highest BCUT2D eigenvalue weighted by Crippen LogP contribution is 2.25. The molecule has 0 bridgehead atoms. The largest absolute Gasteiger partial charge is 0.471 e. The minimum absolute atomic E-state index is 0.0519. The van der Waals surface area contributed by atoms with Crippen molar-refractivity contribution in [3.05, 3.63) is 77.9 Å². The lowest BCUT2D eigenvalue weighted by molar-refractivity contribution is -0.170. The van der Waals surface area contributed by atoms with Crippen molar-refractivity contribution in [1.82, 2.24) is 5.32 Å². The quantitative estimate of drug-likeness (QED) is 0.101. The molecule has 0 radical (unpaired) electrons. The molecule has 0 aliphatic heterocycles. The van der Waals surface area contributed by atoms with E-state index in [1.807, 2.05) is 0 Å². The average molecular weight is 587 g/mol. The van der Waals surface area contributed by atoms with Crippen molar-refractivity contribution < 1.29 is 27.6 Å². The van der Waals surface area contributed by atoms with E-state index in [0.717, 1.165) is 44.9 Å². The Morgan fingerprint density at radius 1 is 0.667 bits per heavy atom. The fraction of sp³-hybridized carbons (Fsp3) is 0.500. The molecule has 2 aromatic rings. The number of rotatable bonds is 19. The van der Waals surface area contributed by atoms with Gasteiger partial charge < -0.3 is 4.90 Å². The smallest absolute Gasteiger partial charge is 0.305 e. The second-order valence-electron chi connectivity index (χ2n) is 10.6. The Balaban J connectivity index is 1.74. The second kappa shape index (κ2) is 19.7. The third kappa shape index (κ3) is 13.5. The zero-order valence-corrected chi connectivity index (χ0v) is 24.8. The number of anilines is 1. The summed E-state index contributed by atoms with van der Waals surface area (Å²) in [6, 6.07) is 13.4. The van der Waals surface area contributed by atoms with Crippen molar-refractivity contribution >= 4 is 23.4 Å². The number of carbonyl (C=O) groups is 3. The Morgan fingerprint density at radius 3 is 1.67 bits per heavy atom. The molecule has 2 aromatic carbocycles. The Bertz CT molecular complexity index is 1100. The Kier molecular flexibility index (Phi) is 16.3. The van der Waals surface area contributed by atoms with Crippen LogP contribution in [0.3, 0.4) is 0 Å². The van der Waals surface area contributed by atoms with Gasteiger partial charge in [0.2, 0.25) is 0 Å². The number of imide groups is 1. The molecule has 0 fully saturated rings.